The van der Waals surface area contributed by atoms with Gasteiger partial charge in [-0.3, -0.25) is 0 Å². The first kappa shape index (κ1) is 13.6. The molecule has 2 rings (SSSR count). The van der Waals surface area contributed by atoms with Crippen LogP contribution in [0.3, 0.4) is 0 Å². The molecule has 0 saturated carbocycles. The highest BCUT2D eigenvalue weighted by Crippen LogP contribution is 2.32. The summed E-state index contributed by atoms with van der Waals surface area (Å²) >= 11 is 3.33. The van der Waals surface area contributed by atoms with Crippen LogP contribution in [-0.2, 0) is 6.54 Å². The smallest absolute Gasteiger partial charge is 0.149 e. The maximum atomic E-state index is 13.4. The summed E-state index contributed by atoms with van der Waals surface area (Å²) in [5, 5.41) is 4.20. The first-order valence-corrected chi connectivity index (χ1v) is 6.69. The van der Waals surface area contributed by atoms with Gasteiger partial charge in [0.2, 0.25) is 0 Å². The van der Waals surface area contributed by atoms with Crippen LogP contribution in [0.5, 0.6) is 0 Å². The van der Waals surface area contributed by atoms with Crippen LogP contribution in [0.1, 0.15) is 32.1 Å². The number of halogens is 2. The topological polar surface area (TPSA) is 25.2 Å². The van der Waals surface area contributed by atoms with E-state index < -0.39 is 0 Å². The van der Waals surface area contributed by atoms with E-state index in [1.54, 1.807) is 0 Å². The SMILES string of the molecule is Cc1c(CNC(C)(C)C)oc2c(Br)cc(F)cc12. The molecule has 0 aliphatic rings. The molecule has 0 fully saturated rings. The minimum absolute atomic E-state index is 0.0217. The number of furan rings is 1. The van der Waals surface area contributed by atoms with Gasteiger partial charge >= 0.3 is 0 Å². The van der Waals surface area contributed by atoms with E-state index in [4.69, 9.17) is 4.42 Å². The Labute approximate surface area is 115 Å². The van der Waals surface area contributed by atoms with Crippen LogP contribution in [0.4, 0.5) is 4.39 Å². The van der Waals surface area contributed by atoms with Crippen LogP contribution in [0.25, 0.3) is 11.0 Å². The fraction of sp³-hybridized carbons (Fsp3) is 0.429. The lowest BCUT2D eigenvalue weighted by atomic mass is 10.1. The van der Waals surface area contributed by atoms with Crippen molar-refractivity contribution in [3.05, 3.63) is 33.7 Å². The Morgan fingerprint density at radius 1 is 1.33 bits per heavy atom. The molecule has 1 aromatic carbocycles. The van der Waals surface area contributed by atoms with Crippen LogP contribution >= 0.6 is 15.9 Å². The Morgan fingerprint density at radius 3 is 2.61 bits per heavy atom. The van der Waals surface area contributed by atoms with Crippen molar-refractivity contribution in [2.75, 3.05) is 0 Å². The molecule has 0 unspecified atom stereocenters. The third-order valence-corrected chi connectivity index (χ3v) is 3.42. The molecule has 0 radical (unpaired) electrons. The van der Waals surface area contributed by atoms with Crippen molar-refractivity contribution in [1.82, 2.24) is 5.32 Å². The largest absolute Gasteiger partial charge is 0.458 e. The van der Waals surface area contributed by atoms with E-state index in [0.29, 0.717) is 16.6 Å². The summed E-state index contributed by atoms with van der Waals surface area (Å²) in [5.41, 5.74) is 1.72. The van der Waals surface area contributed by atoms with E-state index >= 15 is 0 Å². The number of hydrogen-bond donors (Lipinski definition) is 1. The number of aryl methyl sites for hydroxylation is 1. The summed E-state index contributed by atoms with van der Waals surface area (Å²) in [6.45, 7) is 8.89. The highest BCUT2D eigenvalue weighted by Gasteiger charge is 2.16. The highest BCUT2D eigenvalue weighted by atomic mass is 79.9. The van der Waals surface area contributed by atoms with Gasteiger partial charge in [0.05, 0.1) is 11.0 Å². The average molecular weight is 314 g/mol. The lowest BCUT2D eigenvalue weighted by molar-refractivity contribution is 0.394. The quantitative estimate of drug-likeness (QED) is 0.881. The molecule has 2 nitrogen and oxygen atoms in total. The van der Waals surface area contributed by atoms with E-state index in [1.807, 2.05) is 6.92 Å². The van der Waals surface area contributed by atoms with Crippen LogP contribution in [0, 0.1) is 12.7 Å². The molecule has 2 aromatic rings. The molecule has 4 heteroatoms. The minimum atomic E-state index is -0.256. The zero-order valence-corrected chi connectivity index (χ0v) is 12.6. The molecule has 98 valence electrons. The Kier molecular flexibility index (Phi) is 3.52. The molecule has 0 bridgehead atoms. The molecular formula is C14H17BrFNO. The fourth-order valence-electron chi connectivity index (χ4n) is 1.81. The van der Waals surface area contributed by atoms with Crippen molar-refractivity contribution in [3.63, 3.8) is 0 Å². The van der Waals surface area contributed by atoms with Gasteiger partial charge in [-0.15, -0.1) is 0 Å². The third kappa shape index (κ3) is 2.75. The summed E-state index contributed by atoms with van der Waals surface area (Å²) in [4.78, 5) is 0. The lowest BCUT2D eigenvalue weighted by Crippen LogP contribution is -2.35. The van der Waals surface area contributed by atoms with Crippen molar-refractivity contribution < 1.29 is 8.81 Å². The zero-order chi connectivity index (χ0) is 13.5. The standard InChI is InChI=1S/C14H17BrFNO/c1-8-10-5-9(16)6-11(15)13(10)18-12(8)7-17-14(2,3)4/h5-6,17H,7H2,1-4H3. The van der Waals surface area contributed by atoms with E-state index in [2.05, 4.69) is 42.0 Å². The Balaban J connectivity index is 2.41. The number of benzene rings is 1. The van der Waals surface area contributed by atoms with Crippen LogP contribution < -0.4 is 5.32 Å². The molecule has 0 aliphatic carbocycles. The van der Waals surface area contributed by atoms with Crippen LogP contribution in [-0.4, -0.2) is 5.54 Å². The van der Waals surface area contributed by atoms with Gasteiger partial charge in [0.1, 0.15) is 17.2 Å². The Morgan fingerprint density at radius 2 is 2.00 bits per heavy atom. The van der Waals surface area contributed by atoms with Crippen LogP contribution in [0.2, 0.25) is 0 Å². The van der Waals surface area contributed by atoms with Gasteiger partial charge in [-0.05, 0) is 61.3 Å². The second kappa shape index (κ2) is 4.67. The fourth-order valence-corrected chi connectivity index (χ4v) is 2.32. The van der Waals surface area contributed by atoms with Gasteiger partial charge in [-0.1, -0.05) is 0 Å². The van der Waals surface area contributed by atoms with Gasteiger partial charge in [-0.2, -0.15) is 0 Å². The third-order valence-electron chi connectivity index (χ3n) is 2.84. The van der Waals surface area contributed by atoms with Crippen molar-refractivity contribution in [3.8, 4) is 0 Å². The van der Waals surface area contributed by atoms with Gasteiger partial charge < -0.3 is 9.73 Å². The second-order valence-electron chi connectivity index (χ2n) is 5.52. The lowest BCUT2D eigenvalue weighted by Gasteiger charge is -2.19. The predicted octanol–water partition coefficient (Wildman–Crippen LogP) is 4.53. The summed E-state index contributed by atoms with van der Waals surface area (Å²) in [6, 6.07) is 2.94. The normalized spacial score (nSPS) is 12.3. The van der Waals surface area contributed by atoms with E-state index in [0.717, 1.165) is 16.7 Å². The molecule has 1 heterocycles. The van der Waals surface area contributed by atoms with E-state index in [9.17, 15) is 4.39 Å². The Hall–Kier alpha value is -0.870. The average Bonchev–Trinajstić information content (AvgIpc) is 2.53. The highest BCUT2D eigenvalue weighted by molar-refractivity contribution is 9.10. The second-order valence-corrected chi connectivity index (χ2v) is 6.37. The summed E-state index contributed by atoms with van der Waals surface area (Å²) in [6.07, 6.45) is 0. The van der Waals surface area contributed by atoms with Crippen molar-refractivity contribution >= 4 is 26.9 Å². The number of fused-ring (bicyclic) bond motifs is 1. The van der Waals surface area contributed by atoms with Gasteiger partial charge in [-0.25, -0.2) is 4.39 Å². The van der Waals surface area contributed by atoms with Crippen molar-refractivity contribution in [2.45, 2.75) is 39.8 Å². The summed E-state index contributed by atoms with van der Waals surface area (Å²) in [5.74, 6) is 0.597. The number of rotatable bonds is 2. The molecule has 18 heavy (non-hydrogen) atoms. The zero-order valence-electron chi connectivity index (χ0n) is 11.0. The van der Waals surface area contributed by atoms with E-state index in [1.165, 1.54) is 12.1 Å². The number of nitrogens with one attached hydrogen (secondary N) is 1. The van der Waals surface area contributed by atoms with Gasteiger partial charge in [0.15, 0.2) is 0 Å². The van der Waals surface area contributed by atoms with Gasteiger partial charge in [0.25, 0.3) is 0 Å². The molecule has 0 amide bonds. The molecule has 0 atom stereocenters. The van der Waals surface area contributed by atoms with Crippen LogP contribution in [0.15, 0.2) is 21.0 Å². The minimum Gasteiger partial charge on any atom is -0.458 e. The molecular weight excluding hydrogens is 297 g/mol. The Bertz CT molecular complexity index is 583. The summed E-state index contributed by atoms with van der Waals surface area (Å²) < 4.78 is 19.8. The predicted molar refractivity (Wildman–Crippen MR) is 75.2 cm³/mol. The first-order chi connectivity index (χ1) is 8.28. The maximum absolute atomic E-state index is 13.4. The monoisotopic (exact) mass is 313 g/mol. The van der Waals surface area contributed by atoms with Gasteiger partial charge in [0, 0.05) is 10.9 Å². The molecule has 0 aliphatic heterocycles. The first-order valence-electron chi connectivity index (χ1n) is 5.90. The number of hydrogen-bond acceptors (Lipinski definition) is 2. The molecule has 0 spiro atoms. The van der Waals surface area contributed by atoms with E-state index in [-0.39, 0.29) is 11.4 Å². The molecule has 1 N–H and O–H groups in total. The maximum Gasteiger partial charge on any atom is 0.149 e. The molecule has 0 saturated heterocycles. The van der Waals surface area contributed by atoms with Crippen molar-refractivity contribution in [1.29, 1.82) is 0 Å². The van der Waals surface area contributed by atoms with Crippen molar-refractivity contribution in [2.24, 2.45) is 0 Å². The molecule has 1 aromatic heterocycles. The summed E-state index contributed by atoms with van der Waals surface area (Å²) in [7, 11) is 0.